The summed E-state index contributed by atoms with van der Waals surface area (Å²) in [6.07, 6.45) is 5.13. The van der Waals surface area contributed by atoms with E-state index >= 15 is 0 Å². The Morgan fingerprint density at radius 3 is 2.07 bits per heavy atom. The lowest BCUT2D eigenvalue weighted by atomic mass is 10.1. The predicted octanol–water partition coefficient (Wildman–Crippen LogP) is 2.46. The van der Waals surface area contributed by atoms with Crippen molar-refractivity contribution in [2.75, 3.05) is 41.3 Å². The van der Waals surface area contributed by atoms with Crippen LogP contribution in [0.5, 0.6) is 0 Å². The third-order valence-corrected chi connectivity index (χ3v) is 4.99. The monoisotopic (exact) mass is 389 g/mol. The number of nitrogens with zero attached hydrogens (tertiary/aromatic N) is 6. The number of benzene rings is 1. The fourth-order valence-corrected chi connectivity index (χ4v) is 3.38. The number of anilines is 3. The van der Waals surface area contributed by atoms with Gasteiger partial charge in [-0.1, -0.05) is 18.2 Å². The Morgan fingerprint density at radius 1 is 0.828 bits per heavy atom. The third-order valence-electron chi connectivity index (χ3n) is 4.99. The summed E-state index contributed by atoms with van der Waals surface area (Å²) in [6.45, 7) is 6.97. The van der Waals surface area contributed by atoms with E-state index in [9.17, 15) is 4.79 Å². The Labute approximate surface area is 169 Å². The maximum Gasteiger partial charge on any atom is 0.274 e. The fraction of sp³-hybridized carbons (Fsp3) is 0.286. The Kier molecular flexibility index (Phi) is 5.33. The van der Waals surface area contributed by atoms with Gasteiger partial charge < -0.3 is 15.1 Å². The normalized spacial score (nSPS) is 14.0. The van der Waals surface area contributed by atoms with Gasteiger partial charge >= 0.3 is 0 Å². The molecule has 0 spiro atoms. The molecule has 29 heavy (non-hydrogen) atoms. The molecule has 3 aromatic rings. The van der Waals surface area contributed by atoms with Gasteiger partial charge in [-0.15, -0.1) is 0 Å². The van der Waals surface area contributed by atoms with E-state index in [1.165, 1.54) is 0 Å². The molecule has 1 fully saturated rings. The van der Waals surface area contributed by atoms with Crippen LogP contribution in [0.15, 0.2) is 48.9 Å². The molecule has 0 atom stereocenters. The molecule has 8 heteroatoms. The van der Waals surface area contributed by atoms with Gasteiger partial charge in [-0.25, -0.2) is 19.9 Å². The number of para-hydroxylation sites is 1. The first-order valence-electron chi connectivity index (χ1n) is 9.59. The highest BCUT2D eigenvalue weighted by molar-refractivity contribution is 6.03. The van der Waals surface area contributed by atoms with Gasteiger partial charge in [-0.2, -0.15) is 0 Å². The van der Waals surface area contributed by atoms with Crippen molar-refractivity contribution < 1.29 is 4.79 Å². The smallest absolute Gasteiger partial charge is 0.274 e. The molecule has 1 aliphatic rings. The highest BCUT2D eigenvalue weighted by Crippen LogP contribution is 2.20. The Hall–Kier alpha value is -3.55. The van der Waals surface area contributed by atoms with E-state index in [1.807, 2.05) is 38.1 Å². The van der Waals surface area contributed by atoms with E-state index in [1.54, 1.807) is 24.7 Å². The minimum Gasteiger partial charge on any atom is -0.337 e. The molecule has 1 amide bonds. The molecule has 0 saturated carbocycles. The minimum atomic E-state index is -0.234. The molecule has 1 aliphatic heterocycles. The molecular weight excluding hydrogens is 366 g/mol. The molecule has 0 unspecified atom stereocenters. The molecule has 2 aromatic heterocycles. The van der Waals surface area contributed by atoms with Crippen LogP contribution >= 0.6 is 0 Å². The van der Waals surface area contributed by atoms with Crippen molar-refractivity contribution in [2.45, 2.75) is 13.8 Å². The lowest BCUT2D eigenvalue weighted by Gasteiger charge is -2.34. The number of amides is 1. The quantitative estimate of drug-likeness (QED) is 0.733. The van der Waals surface area contributed by atoms with Crippen LogP contribution < -0.4 is 15.1 Å². The van der Waals surface area contributed by atoms with Gasteiger partial charge in [0, 0.05) is 50.5 Å². The van der Waals surface area contributed by atoms with Crippen LogP contribution in [0.3, 0.4) is 0 Å². The second-order valence-electron chi connectivity index (χ2n) is 6.99. The average Bonchev–Trinajstić information content (AvgIpc) is 2.77. The fourth-order valence-electron chi connectivity index (χ4n) is 3.38. The number of hydrogen-bond acceptors (Lipinski definition) is 7. The van der Waals surface area contributed by atoms with Gasteiger partial charge in [0.15, 0.2) is 0 Å². The lowest BCUT2D eigenvalue weighted by molar-refractivity contribution is 0.102. The number of carbonyl (C=O) groups is 1. The third kappa shape index (κ3) is 4.16. The second kappa shape index (κ2) is 8.22. The van der Waals surface area contributed by atoms with E-state index in [4.69, 9.17) is 0 Å². The number of hydrogen-bond donors (Lipinski definition) is 1. The summed E-state index contributed by atoms with van der Waals surface area (Å²) in [6, 6.07) is 9.38. The first-order chi connectivity index (χ1) is 14.1. The summed E-state index contributed by atoms with van der Waals surface area (Å²) < 4.78 is 0. The Balaban J connectivity index is 1.44. The number of piperazine rings is 1. The van der Waals surface area contributed by atoms with E-state index in [0.29, 0.717) is 11.6 Å². The second-order valence-corrected chi connectivity index (χ2v) is 6.99. The van der Waals surface area contributed by atoms with Crippen molar-refractivity contribution in [3.05, 3.63) is 65.7 Å². The van der Waals surface area contributed by atoms with Crippen LogP contribution in [-0.4, -0.2) is 52.0 Å². The van der Waals surface area contributed by atoms with E-state index in [2.05, 4.69) is 35.1 Å². The average molecular weight is 389 g/mol. The zero-order chi connectivity index (χ0) is 20.2. The topological polar surface area (TPSA) is 87.1 Å². The standard InChI is InChI=1S/C21H23N7O/c1-15-5-3-6-16(2)18(15)26-19(29)17-7-10-24-21(25-17)28-13-11-27(12-14-28)20-22-8-4-9-23-20/h3-10H,11-14H2,1-2H3,(H,26,29). The molecule has 4 rings (SSSR count). The Bertz CT molecular complexity index is 981. The molecule has 0 aliphatic carbocycles. The number of aryl methyl sites for hydroxylation is 2. The number of aromatic nitrogens is 4. The zero-order valence-electron chi connectivity index (χ0n) is 16.5. The van der Waals surface area contributed by atoms with Gasteiger partial charge in [-0.3, -0.25) is 4.79 Å². The first kappa shape index (κ1) is 18.8. The summed E-state index contributed by atoms with van der Waals surface area (Å²) in [4.78, 5) is 34.4. The van der Waals surface area contributed by atoms with Crippen LogP contribution in [-0.2, 0) is 0 Å². The van der Waals surface area contributed by atoms with Crippen molar-refractivity contribution in [3.8, 4) is 0 Å². The maximum atomic E-state index is 12.7. The molecule has 0 bridgehead atoms. The van der Waals surface area contributed by atoms with Gasteiger partial charge in [-0.05, 0) is 37.1 Å². The molecular formula is C21H23N7O. The van der Waals surface area contributed by atoms with Gasteiger partial charge in [0.2, 0.25) is 11.9 Å². The minimum absolute atomic E-state index is 0.234. The van der Waals surface area contributed by atoms with Crippen molar-refractivity contribution in [1.82, 2.24) is 19.9 Å². The predicted molar refractivity (Wildman–Crippen MR) is 112 cm³/mol. The maximum absolute atomic E-state index is 12.7. The molecule has 3 heterocycles. The number of nitrogens with one attached hydrogen (secondary N) is 1. The SMILES string of the molecule is Cc1cccc(C)c1NC(=O)c1ccnc(N2CCN(c3ncccn3)CC2)n1. The van der Waals surface area contributed by atoms with Crippen LogP contribution in [0.1, 0.15) is 21.6 Å². The largest absolute Gasteiger partial charge is 0.337 e. The summed E-state index contributed by atoms with van der Waals surface area (Å²) in [7, 11) is 0. The molecule has 1 N–H and O–H groups in total. The molecule has 8 nitrogen and oxygen atoms in total. The Morgan fingerprint density at radius 2 is 1.41 bits per heavy atom. The summed E-state index contributed by atoms with van der Waals surface area (Å²) in [5.74, 6) is 1.06. The van der Waals surface area contributed by atoms with Crippen LogP contribution in [0.2, 0.25) is 0 Å². The van der Waals surface area contributed by atoms with Crippen molar-refractivity contribution in [2.24, 2.45) is 0 Å². The van der Waals surface area contributed by atoms with Gasteiger partial charge in [0.1, 0.15) is 5.69 Å². The number of carbonyl (C=O) groups excluding carboxylic acids is 1. The van der Waals surface area contributed by atoms with Crippen molar-refractivity contribution in [1.29, 1.82) is 0 Å². The molecule has 1 aromatic carbocycles. The lowest BCUT2D eigenvalue weighted by Crippen LogP contribution is -2.47. The molecule has 148 valence electrons. The molecule has 1 saturated heterocycles. The van der Waals surface area contributed by atoms with Crippen molar-refractivity contribution in [3.63, 3.8) is 0 Å². The number of rotatable bonds is 4. The highest BCUT2D eigenvalue weighted by Gasteiger charge is 2.21. The molecule has 0 radical (unpaired) electrons. The van der Waals surface area contributed by atoms with Crippen LogP contribution in [0, 0.1) is 13.8 Å². The summed E-state index contributed by atoms with van der Waals surface area (Å²) in [5.41, 5.74) is 3.22. The van der Waals surface area contributed by atoms with E-state index in [0.717, 1.165) is 48.9 Å². The van der Waals surface area contributed by atoms with Gasteiger partial charge in [0.25, 0.3) is 5.91 Å². The van der Waals surface area contributed by atoms with Gasteiger partial charge in [0.05, 0.1) is 0 Å². The zero-order valence-corrected chi connectivity index (χ0v) is 16.5. The van der Waals surface area contributed by atoms with E-state index in [-0.39, 0.29) is 5.91 Å². The first-order valence-corrected chi connectivity index (χ1v) is 9.59. The summed E-state index contributed by atoms with van der Waals surface area (Å²) >= 11 is 0. The summed E-state index contributed by atoms with van der Waals surface area (Å²) in [5, 5.41) is 2.98. The highest BCUT2D eigenvalue weighted by atomic mass is 16.1. The van der Waals surface area contributed by atoms with Crippen molar-refractivity contribution >= 4 is 23.5 Å². The van der Waals surface area contributed by atoms with E-state index < -0.39 is 0 Å². The van der Waals surface area contributed by atoms with Crippen LogP contribution in [0.4, 0.5) is 17.6 Å². The van der Waals surface area contributed by atoms with Crippen LogP contribution in [0.25, 0.3) is 0 Å².